The Hall–Kier alpha value is -4.12. The Balaban J connectivity index is 1.44. The second-order valence-corrected chi connectivity index (χ2v) is 10.2. The van der Waals surface area contributed by atoms with E-state index in [0.29, 0.717) is 29.8 Å². The van der Waals surface area contributed by atoms with Gasteiger partial charge in [0.25, 0.3) is 0 Å². The van der Waals surface area contributed by atoms with E-state index in [1.165, 1.54) is 18.7 Å². The largest absolute Gasteiger partial charge is 0.465 e. The van der Waals surface area contributed by atoms with Gasteiger partial charge in [-0.3, -0.25) is 4.79 Å². The smallest absolute Gasteiger partial charge is 0.302 e. The fourth-order valence-electron chi connectivity index (χ4n) is 4.48. The molecule has 10 nitrogen and oxygen atoms in total. The first-order valence-corrected chi connectivity index (χ1v) is 14.0. The number of benzene rings is 2. The van der Waals surface area contributed by atoms with Crippen molar-refractivity contribution in [3.63, 3.8) is 0 Å². The van der Waals surface area contributed by atoms with E-state index < -0.39 is 0 Å². The first-order valence-electron chi connectivity index (χ1n) is 13.0. The molecule has 200 valence electrons. The summed E-state index contributed by atoms with van der Waals surface area (Å²) in [6.07, 6.45) is 3.73. The van der Waals surface area contributed by atoms with Gasteiger partial charge in [-0.1, -0.05) is 73.6 Å². The molecule has 0 saturated carbocycles. The summed E-state index contributed by atoms with van der Waals surface area (Å²) in [6, 6.07) is 16.6. The summed E-state index contributed by atoms with van der Waals surface area (Å²) in [7, 11) is 0. The van der Waals surface area contributed by atoms with Crippen LogP contribution in [0.15, 0.2) is 53.7 Å². The first-order chi connectivity index (χ1) is 19.0. The summed E-state index contributed by atoms with van der Waals surface area (Å²) in [6.45, 7) is 5.88. The molecule has 0 aliphatic rings. The molecule has 0 bridgehead atoms. The van der Waals surface area contributed by atoms with Crippen molar-refractivity contribution in [2.75, 3.05) is 12.4 Å². The summed E-state index contributed by atoms with van der Waals surface area (Å²) in [5.74, 6) is 1.68. The van der Waals surface area contributed by atoms with E-state index in [2.05, 4.69) is 63.0 Å². The van der Waals surface area contributed by atoms with E-state index in [0.717, 1.165) is 64.2 Å². The van der Waals surface area contributed by atoms with Crippen LogP contribution in [-0.2, 0) is 22.4 Å². The molecule has 5 aromatic rings. The molecule has 2 aromatic carbocycles. The van der Waals surface area contributed by atoms with Crippen LogP contribution in [0.2, 0.25) is 0 Å². The lowest BCUT2D eigenvalue weighted by Gasteiger charge is -2.12. The molecule has 5 rings (SSSR count). The van der Waals surface area contributed by atoms with E-state index in [9.17, 15) is 4.79 Å². The molecule has 0 atom stereocenters. The summed E-state index contributed by atoms with van der Waals surface area (Å²) >= 11 is 1.47. The SMILES string of the molecule is CCCCc1nc(C)n2nc(SCCOC(C)=O)nc2c1Cc1ccc(-c2ccccc2-c2nn[nH]n2)cc1. The van der Waals surface area contributed by atoms with Crippen molar-refractivity contribution in [2.45, 2.75) is 51.6 Å². The molecule has 0 aliphatic heterocycles. The first kappa shape index (κ1) is 26.5. The number of ether oxygens (including phenoxy) is 1. The third kappa shape index (κ3) is 6.14. The highest BCUT2D eigenvalue weighted by Crippen LogP contribution is 2.30. The van der Waals surface area contributed by atoms with Gasteiger partial charge in [-0.15, -0.1) is 15.3 Å². The highest BCUT2D eigenvalue weighted by Gasteiger charge is 2.18. The van der Waals surface area contributed by atoms with Gasteiger partial charge in [-0.2, -0.15) is 9.73 Å². The second kappa shape index (κ2) is 12.2. The molecule has 0 radical (unpaired) electrons. The van der Waals surface area contributed by atoms with Gasteiger partial charge in [-0.25, -0.2) is 9.97 Å². The summed E-state index contributed by atoms with van der Waals surface area (Å²) < 4.78 is 6.88. The molecule has 0 aliphatic carbocycles. The summed E-state index contributed by atoms with van der Waals surface area (Å²) in [4.78, 5) is 20.9. The molecule has 3 aromatic heterocycles. The van der Waals surface area contributed by atoms with Crippen LogP contribution in [0.1, 0.15) is 49.3 Å². The minimum Gasteiger partial charge on any atom is -0.465 e. The van der Waals surface area contributed by atoms with E-state index in [1.807, 2.05) is 29.6 Å². The number of esters is 1. The summed E-state index contributed by atoms with van der Waals surface area (Å²) in [5.41, 5.74) is 7.19. The maximum atomic E-state index is 11.1. The average Bonchev–Trinajstić information content (AvgIpc) is 3.63. The van der Waals surface area contributed by atoms with Gasteiger partial charge in [0.1, 0.15) is 12.4 Å². The Kier molecular flexibility index (Phi) is 8.26. The third-order valence-corrected chi connectivity index (χ3v) is 7.16. The minimum atomic E-state index is -0.286. The second-order valence-electron chi connectivity index (χ2n) is 9.16. The molecule has 0 spiro atoms. The van der Waals surface area contributed by atoms with Gasteiger partial charge < -0.3 is 4.74 Å². The van der Waals surface area contributed by atoms with E-state index in [4.69, 9.17) is 14.7 Å². The number of unbranched alkanes of at least 4 members (excludes halogenated alkanes) is 1. The number of fused-ring (bicyclic) bond motifs is 1. The van der Waals surface area contributed by atoms with Crippen molar-refractivity contribution in [3.8, 4) is 22.5 Å². The standard InChI is InChI=1S/C28H30N8O2S/c1-4-5-10-25-24(27-30-28(33-36(27)18(2)29-25)39-16-15-38-19(3)37)17-20-11-13-21(14-12-20)22-8-6-7-9-23(22)26-31-34-35-32-26/h6-9,11-14H,4-5,10,15-17H2,1-3H3,(H,31,32,34,35). The Morgan fingerprint density at radius 1 is 1.08 bits per heavy atom. The van der Waals surface area contributed by atoms with Gasteiger partial charge >= 0.3 is 5.97 Å². The van der Waals surface area contributed by atoms with Crippen LogP contribution < -0.4 is 0 Å². The van der Waals surface area contributed by atoms with Crippen molar-refractivity contribution < 1.29 is 9.53 Å². The van der Waals surface area contributed by atoms with Gasteiger partial charge in [0, 0.05) is 35.9 Å². The van der Waals surface area contributed by atoms with Crippen LogP contribution in [0.3, 0.4) is 0 Å². The highest BCUT2D eigenvalue weighted by atomic mass is 32.2. The van der Waals surface area contributed by atoms with Gasteiger partial charge in [0.2, 0.25) is 11.0 Å². The molecule has 11 heteroatoms. The molecule has 39 heavy (non-hydrogen) atoms. The van der Waals surface area contributed by atoms with Crippen LogP contribution >= 0.6 is 11.8 Å². The van der Waals surface area contributed by atoms with Crippen molar-refractivity contribution in [1.82, 2.24) is 40.2 Å². The number of nitrogens with zero attached hydrogens (tertiary/aromatic N) is 7. The number of tetrazole rings is 1. The van der Waals surface area contributed by atoms with Crippen LogP contribution in [0, 0.1) is 6.92 Å². The Morgan fingerprint density at radius 3 is 2.59 bits per heavy atom. The molecular formula is C28H30N8O2S. The number of aromatic nitrogens is 8. The number of hydrogen-bond acceptors (Lipinski definition) is 9. The molecule has 0 unspecified atom stereocenters. The van der Waals surface area contributed by atoms with Crippen LogP contribution in [-0.4, -0.2) is 58.5 Å². The number of carbonyl (C=O) groups excluding carboxylic acids is 1. The third-order valence-electron chi connectivity index (χ3n) is 6.36. The quantitative estimate of drug-likeness (QED) is 0.141. The van der Waals surface area contributed by atoms with Crippen molar-refractivity contribution in [3.05, 3.63) is 71.2 Å². The molecule has 0 fully saturated rings. The molecule has 0 saturated heterocycles. The Morgan fingerprint density at radius 2 is 1.87 bits per heavy atom. The molecular weight excluding hydrogens is 512 g/mol. The predicted molar refractivity (Wildman–Crippen MR) is 149 cm³/mol. The van der Waals surface area contributed by atoms with Crippen molar-refractivity contribution in [2.24, 2.45) is 0 Å². The number of carbonyl (C=O) groups is 1. The number of aryl methyl sites for hydroxylation is 2. The molecule has 1 N–H and O–H groups in total. The number of hydrogen-bond donors (Lipinski definition) is 1. The highest BCUT2D eigenvalue weighted by molar-refractivity contribution is 7.99. The average molecular weight is 543 g/mol. The van der Waals surface area contributed by atoms with Crippen LogP contribution in [0.5, 0.6) is 0 Å². The maximum absolute atomic E-state index is 11.1. The van der Waals surface area contributed by atoms with Gasteiger partial charge in [0.05, 0.1) is 0 Å². The van der Waals surface area contributed by atoms with E-state index in [-0.39, 0.29) is 5.97 Å². The zero-order chi connectivity index (χ0) is 27.2. The van der Waals surface area contributed by atoms with Gasteiger partial charge in [-0.05, 0) is 41.7 Å². The van der Waals surface area contributed by atoms with Crippen molar-refractivity contribution >= 4 is 23.4 Å². The van der Waals surface area contributed by atoms with Gasteiger partial charge in [0.15, 0.2) is 5.65 Å². The minimum absolute atomic E-state index is 0.286. The number of H-pyrrole nitrogens is 1. The number of nitrogens with one attached hydrogen (secondary N) is 1. The Bertz CT molecular complexity index is 1570. The lowest BCUT2D eigenvalue weighted by molar-refractivity contribution is -0.140. The zero-order valence-corrected chi connectivity index (χ0v) is 23.0. The lowest BCUT2D eigenvalue weighted by atomic mass is 9.96. The number of aromatic amines is 1. The molecule has 3 heterocycles. The van der Waals surface area contributed by atoms with E-state index >= 15 is 0 Å². The lowest BCUT2D eigenvalue weighted by Crippen LogP contribution is -2.08. The summed E-state index contributed by atoms with van der Waals surface area (Å²) in [5, 5.41) is 19.9. The fraction of sp³-hybridized carbons (Fsp3) is 0.321. The zero-order valence-electron chi connectivity index (χ0n) is 22.2. The van der Waals surface area contributed by atoms with Crippen LogP contribution in [0.4, 0.5) is 0 Å². The van der Waals surface area contributed by atoms with Crippen molar-refractivity contribution in [1.29, 1.82) is 0 Å². The monoisotopic (exact) mass is 542 g/mol. The predicted octanol–water partition coefficient (Wildman–Crippen LogP) is 4.87. The fourth-order valence-corrected chi connectivity index (χ4v) is 5.12. The number of rotatable bonds is 11. The number of thioether (sulfide) groups is 1. The molecule has 0 amide bonds. The van der Waals surface area contributed by atoms with E-state index in [1.54, 1.807) is 0 Å². The maximum Gasteiger partial charge on any atom is 0.302 e. The van der Waals surface area contributed by atoms with Crippen LogP contribution in [0.25, 0.3) is 28.2 Å². The topological polar surface area (TPSA) is 124 Å². The normalized spacial score (nSPS) is 11.3. The Labute approximate surface area is 230 Å².